The predicted octanol–water partition coefficient (Wildman–Crippen LogP) is 4.14. The van der Waals surface area contributed by atoms with Gasteiger partial charge in [0.25, 0.3) is 0 Å². The van der Waals surface area contributed by atoms with Gasteiger partial charge >= 0.3 is 0 Å². The zero-order valence-corrected chi connectivity index (χ0v) is 20.4. The molecule has 2 aromatic carbocycles. The third-order valence-corrected chi connectivity index (χ3v) is 12.6. The van der Waals surface area contributed by atoms with Gasteiger partial charge in [-0.25, -0.2) is 0 Å². The third-order valence-electron chi connectivity index (χ3n) is 5.37. The third kappa shape index (κ3) is 4.56. The van der Waals surface area contributed by atoms with Crippen molar-refractivity contribution in [1.82, 2.24) is 0 Å². The monoisotopic (exact) mass is 478 g/mol. The minimum absolute atomic E-state index is 0.125. The van der Waals surface area contributed by atoms with Crippen molar-refractivity contribution < 1.29 is 13.9 Å². The summed E-state index contributed by atoms with van der Waals surface area (Å²) in [6.45, 7) is 0. The van der Waals surface area contributed by atoms with Gasteiger partial charge in [-0.1, -0.05) is 58.7 Å². The highest BCUT2D eigenvalue weighted by atomic mass is 32.2. The zero-order valence-electron chi connectivity index (χ0n) is 16.9. The molecule has 0 aromatic heterocycles. The molecule has 4 rings (SSSR count). The smallest absolute Gasteiger partial charge is 0.166 e. The average molecular weight is 479 g/mol. The van der Waals surface area contributed by atoms with Crippen molar-refractivity contribution in [3.8, 4) is 0 Å². The highest BCUT2D eigenvalue weighted by molar-refractivity contribution is 8.23. The fraction of sp³-hybridized carbons (Fsp3) is 0.261. The Balaban J connectivity index is 1.69. The van der Waals surface area contributed by atoms with E-state index >= 15 is 0 Å². The molecule has 7 heteroatoms. The Labute approximate surface area is 190 Å². The maximum Gasteiger partial charge on any atom is 0.166 e. The summed E-state index contributed by atoms with van der Waals surface area (Å²) in [6.07, 6.45) is 7.51. The molecule has 0 saturated heterocycles. The van der Waals surface area contributed by atoms with Gasteiger partial charge in [0.1, 0.15) is 11.5 Å². The molecule has 0 bridgehead atoms. The van der Waals surface area contributed by atoms with Gasteiger partial charge in [0.05, 0.1) is 23.0 Å². The summed E-state index contributed by atoms with van der Waals surface area (Å²) in [4.78, 5) is 16.4. The van der Waals surface area contributed by atoms with Crippen LogP contribution in [0, 0.1) is 0 Å². The summed E-state index contributed by atoms with van der Waals surface area (Å²) >= 11 is -2.18. The number of thiol groups is 2. The molecule has 160 valence electrons. The Bertz CT molecular complexity index is 908. The summed E-state index contributed by atoms with van der Waals surface area (Å²) < 4.78 is 24.5. The summed E-state index contributed by atoms with van der Waals surface area (Å²) in [6, 6.07) is 16.3. The molecule has 6 atom stereocenters. The van der Waals surface area contributed by atoms with Crippen LogP contribution in [-0.2, 0) is 27.1 Å². The fourth-order valence-corrected chi connectivity index (χ4v) is 12.3. The van der Waals surface area contributed by atoms with E-state index in [1.165, 1.54) is 9.79 Å². The van der Waals surface area contributed by atoms with Crippen molar-refractivity contribution in [3.63, 3.8) is 0 Å². The van der Waals surface area contributed by atoms with Gasteiger partial charge in [-0.2, -0.15) is 21.8 Å². The zero-order chi connectivity index (χ0) is 21.3. The first kappa shape index (κ1) is 22.1. The van der Waals surface area contributed by atoms with Gasteiger partial charge in [0.2, 0.25) is 0 Å². The molecule has 0 N–H and O–H groups in total. The molecule has 2 aromatic rings. The molecule has 0 saturated carbocycles. The van der Waals surface area contributed by atoms with E-state index in [1.807, 2.05) is 24.3 Å². The van der Waals surface area contributed by atoms with Crippen molar-refractivity contribution in [2.24, 2.45) is 0 Å². The molecule has 0 spiro atoms. The van der Waals surface area contributed by atoms with Gasteiger partial charge in [-0.05, 0) is 56.0 Å². The van der Waals surface area contributed by atoms with Crippen LogP contribution >= 0.6 is 21.8 Å². The van der Waals surface area contributed by atoms with Crippen LogP contribution in [-0.4, -0.2) is 49.4 Å². The lowest BCUT2D eigenvalue weighted by Crippen LogP contribution is -2.39. The van der Waals surface area contributed by atoms with E-state index in [0.29, 0.717) is 11.5 Å². The lowest BCUT2D eigenvalue weighted by Gasteiger charge is -2.32. The first-order chi connectivity index (χ1) is 14.5. The van der Waals surface area contributed by atoms with Crippen LogP contribution < -0.4 is 0 Å². The van der Waals surface area contributed by atoms with Gasteiger partial charge in [0.15, 0.2) is 5.78 Å². The SMILES string of the molecule is C[S+]([O-])CC(C(=O)C(C[S+](C)[O-])[SH]1C=Cc2ccccc21)[SH]1C=Cc2ccccc21. The second kappa shape index (κ2) is 9.59. The van der Waals surface area contributed by atoms with Crippen LogP contribution in [0.1, 0.15) is 11.1 Å². The number of fused-ring (bicyclic) bond motifs is 2. The van der Waals surface area contributed by atoms with Crippen LogP contribution in [0.25, 0.3) is 12.2 Å². The van der Waals surface area contributed by atoms with Crippen molar-refractivity contribution >= 4 is 62.1 Å². The molecule has 0 aliphatic carbocycles. The van der Waals surface area contributed by atoms with E-state index < -0.39 is 44.1 Å². The number of Topliss-reactive ketones (excluding diaryl/α,β-unsaturated/α-hetero) is 1. The highest BCUT2D eigenvalue weighted by Gasteiger charge is 2.40. The minimum atomic E-state index is -1.09. The summed E-state index contributed by atoms with van der Waals surface area (Å²) in [7, 11) is -1.74. The van der Waals surface area contributed by atoms with Crippen molar-refractivity contribution in [2.75, 3.05) is 24.0 Å². The highest BCUT2D eigenvalue weighted by Crippen LogP contribution is 2.54. The van der Waals surface area contributed by atoms with Gasteiger partial charge in [-0.3, -0.25) is 4.79 Å². The van der Waals surface area contributed by atoms with E-state index in [2.05, 4.69) is 47.2 Å². The first-order valence-electron chi connectivity index (χ1n) is 9.70. The topological polar surface area (TPSA) is 63.2 Å². The van der Waals surface area contributed by atoms with E-state index in [9.17, 15) is 13.9 Å². The lowest BCUT2D eigenvalue weighted by molar-refractivity contribution is -0.117. The van der Waals surface area contributed by atoms with Crippen LogP contribution in [0.2, 0.25) is 0 Å². The van der Waals surface area contributed by atoms with E-state index in [-0.39, 0.29) is 16.3 Å². The van der Waals surface area contributed by atoms with Crippen LogP contribution in [0.4, 0.5) is 0 Å². The molecule has 2 aliphatic rings. The maximum atomic E-state index is 14.0. The number of carbonyl (C=O) groups excluding carboxylic acids is 1. The average Bonchev–Trinajstić information content (AvgIpc) is 3.34. The van der Waals surface area contributed by atoms with Gasteiger partial charge in [0, 0.05) is 0 Å². The standard InChI is InChI=1S/C23H26O3S4/c1-27(25)15-21(29-13-11-17-7-3-5-9-19(17)29)23(24)22(16-28(2)26)30-14-12-18-8-4-6-10-20(18)30/h3-14,21-22,29-30H,15-16H2,1-2H3. The van der Waals surface area contributed by atoms with Gasteiger partial charge < -0.3 is 9.11 Å². The first-order valence-corrected chi connectivity index (χ1v) is 16.1. The van der Waals surface area contributed by atoms with E-state index in [1.54, 1.807) is 12.5 Å². The normalized spacial score (nSPS) is 25.3. The van der Waals surface area contributed by atoms with Crippen LogP contribution in [0.15, 0.2) is 69.1 Å². The number of ketones is 1. The second-order valence-electron chi connectivity index (χ2n) is 7.48. The largest absolute Gasteiger partial charge is 0.617 e. The quantitative estimate of drug-likeness (QED) is 0.443. The Morgan fingerprint density at radius 1 is 0.800 bits per heavy atom. The molecule has 6 unspecified atom stereocenters. The number of benzene rings is 2. The molecule has 3 nitrogen and oxygen atoms in total. The summed E-state index contributed by atoms with van der Waals surface area (Å²) in [5, 5.41) is 3.65. The molecular weight excluding hydrogens is 453 g/mol. The Morgan fingerprint density at radius 3 is 1.60 bits per heavy atom. The molecule has 0 amide bonds. The van der Waals surface area contributed by atoms with Crippen molar-refractivity contribution in [2.45, 2.75) is 20.3 Å². The molecule has 0 radical (unpaired) electrons. The maximum absolute atomic E-state index is 14.0. The molecule has 2 aliphatic heterocycles. The number of hydrogen-bond donors (Lipinski definition) is 2. The Hall–Kier alpha value is -1.09. The molecule has 2 heterocycles. The summed E-state index contributed by atoms with van der Waals surface area (Å²) in [5.41, 5.74) is 2.30. The molecule has 0 fully saturated rings. The van der Waals surface area contributed by atoms with Crippen molar-refractivity contribution in [3.05, 3.63) is 70.5 Å². The summed E-state index contributed by atoms with van der Waals surface area (Å²) in [5.74, 6) is 0.829. The van der Waals surface area contributed by atoms with Crippen LogP contribution in [0.3, 0.4) is 0 Å². The van der Waals surface area contributed by atoms with Gasteiger partial charge in [-0.15, -0.1) is 0 Å². The Morgan fingerprint density at radius 2 is 1.20 bits per heavy atom. The Kier molecular flexibility index (Phi) is 7.07. The van der Waals surface area contributed by atoms with Crippen LogP contribution in [0.5, 0.6) is 0 Å². The van der Waals surface area contributed by atoms with Crippen molar-refractivity contribution in [1.29, 1.82) is 0 Å². The van der Waals surface area contributed by atoms with E-state index in [4.69, 9.17) is 0 Å². The predicted molar refractivity (Wildman–Crippen MR) is 136 cm³/mol. The molecular formula is C23H26O3S4. The number of rotatable bonds is 8. The number of carbonyl (C=O) groups is 1. The lowest BCUT2D eigenvalue weighted by atomic mass is 10.2. The minimum Gasteiger partial charge on any atom is -0.617 e. The fourth-order valence-electron chi connectivity index (χ4n) is 4.02. The number of hydrogen-bond acceptors (Lipinski definition) is 3. The van der Waals surface area contributed by atoms with E-state index in [0.717, 1.165) is 11.1 Å². The molecule has 30 heavy (non-hydrogen) atoms. The second-order valence-corrected chi connectivity index (χ2v) is 14.9.